The molecule has 0 spiro atoms. The van der Waals surface area contributed by atoms with E-state index in [-0.39, 0.29) is 24.5 Å². The van der Waals surface area contributed by atoms with E-state index in [1.165, 1.54) is 0 Å². The summed E-state index contributed by atoms with van der Waals surface area (Å²) in [5.74, 6) is 6.32. The van der Waals surface area contributed by atoms with Gasteiger partial charge in [-0.1, -0.05) is 0 Å². The molecule has 0 N–H and O–H groups in total. The quantitative estimate of drug-likeness (QED) is 0.210. The van der Waals surface area contributed by atoms with Crippen LogP contribution in [0.4, 0.5) is 5.82 Å². The smallest absolute Gasteiger partial charge is 0.353 e. The number of aromatic nitrogens is 1. The van der Waals surface area contributed by atoms with Crippen molar-refractivity contribution in [2.24, 2.45) is 0 Å². The molecular formula is C25H32N2O5Sn. The summed E-state index contributed by atoms with van der Waals surface area (Å²) in [6.45, 7) is 4.79. The van der Waals surface area contributed by atoms with Crippen molar-refractivity contribution in [2.45, 2.75) is 66.4 Å². The summed E-state index contributed by atoms with van der Waals surface area (Å²) in [7, 11) is 0. The van der Waals surface area contributed by atoms with Gasteiger partial charge in [0.15, 0.2) is 6.29 Å². The van der Waals surface area contributed by atoms with Crippen LogP contribution in [-0.2, 0) is 16.1 Å². The minimum absolute atomic E-state index is 0.191. The summed E-state index contributed by atoms with van der Waals surface area (Å²) < 4.78 is 18.6. The van der Waals surface area contributed by atoms with Gasteiger partial charge in [-0.15, -0.1) is 0 Å². The molecule has 1 aliphatic rings. The molecule has 1 unspecified atom stereocenters. The van der Waals surface area contributed by atoms with E-state index in [2.05, 4.69) is 31.6 Å². The van der Waals surface area contributed by atoms with Gasteiger partial charge in [-0.05, 0) is 19.3 Å². The van der Waals surface area contributed by atoms with Gasteiger partial charge < -0.3 is 4.74 Å². The number of benzene rings is 1. The van der Waals surface area contributed by atoms with Gasteiger partial charge >= 0.3 is 163 Å². The first kappa shape index (κ1) is 25.5. The fraction of sp³-hybridized carbons (Fsp3) is 0.480. The van der Waals surface area contributed by atoms with Gasteiger partial charge in [0.1, 0.15) is 0 Å². The molecule has 8 heteroatoms. The third-order valence-corrected chi connectivity index (χ3v) is 11.0. The summed E-state index contributed by atoms with van der Waals surface area (Å²) in [4.78, 5) is 21.7. The van der Waals surface area contributed by atoms with Gasteiger partial charge in [0.2, 0.25) is 0 Å². The molecule has 176 valence electrons. The average Bonchev–Trinajstić information content (AvgIpc) is 2.76. The van der Waals surface area contributed by atoms with Crippen molar-refractivity contribution in [3.8, 4) is 17.6 Å². The molecule has 2 heterocycles. The summed E-state index contributed by atoms with van der Waals surface area (Å²) in [5.41, 5.74) is 1.06. The summed E-state index contributed by atoms with van der Waals surface area (Å²) in [6, 6.07) is 9.44. The molecule has 7 nitrogen and oxygen atoms in total. The second-order valence-electron chi connectivity index (χ2n) is 9.72. The molecule has 1 saturated heterocycles. The van der Waals surface area contributed by atoms with Crippen molar-refractivity contribution < 1.29 is 19.1 Å². The van der Waals surface area contributed by atoms with Crippen LogP contribution in [0.5, 0.6) is 5.75 Å². The van der Waals surface area contributed by atoms with E-state index in [4.69, 9.17) is 14.2 Å². The van der Waals surface area contributed by atoms with E-state index >= 15 is 0 Å². The number of nitro groups is 1. The van der Waals surface area contributed by atoms with Crippen LogP contribution >= 0.6 is 0 Å². The number of nitrogens with zero attached hydrogens (tertiary/aromatic N) is 2. The van der Waals surface area contributed by atoms with E-state index < -0.39 is 28.9 Å². The average molecular weight is 559 g/mol. The standard InChI is InChI=1S/C22H23N2O5.3CH3.Sn/c1-22(2,29-20-10-3-4-14-27-20)12-11-17-7-5-8-18(15-17)16-28-19-9-6-13-23-21(19)24(25)26;;;;/h5,7-9,13,15,20H,3-4,10,14,16H2,1-2H3;3*1H3;. The third kappa shape index (κ3) is 7.69. The van der Waals surface area contributed by atoms with Crippen molar-refractivity contribution >= 4 is 27.8 Å². The molecule has 3 rings (SSSR count). The molecule has 0 saturated carbocycles. The second kappa shape index (κ2) is 10.9. The maximum atomic E-state index is 11.4. The van der Waals surface area contributed by atoms with Crippen molar-refractivity contribution in [2.75, 3.05) is 6.61 Å². The molecule has 2 aromatic rings. The first-order chi connectivity index (χ1) is 15.5. The van der Waals surface area contributed by atoms with Crippen LogP contribution in [0.3, 0.4) is 0 Å². The van der Waals surface area contributed by atoms with Crippen LogP contribution in [0.25, 0.3) is 0 Å². The zero-order valence-electron chi connectivity index (χ0n) is 20.0. The number of hydrogen-bond donors (Lipinski definition) is 0. The molecule has 0 bridgehead atoms. The molecule has 0 aliphatic carbocycles. The molecule has 0 radical (unpaired) electrons. The Labute approximate surface area is 199 Å². The Morgan fingerprint density at radius 2 is 2.06 bits per heavy atom. The summed E-state index contributed by atoms with van der Waals surface area (Å²) in [6.07, 6.45) is 4.48. The first-order valence-electron chi connectivity index (χ1n) is 11.2. The maximum absolute atomic E-state index is 11.4. The van der Waals surface area contributed by atoms with Crippen LogP contribution in [0.1, 0.15) is 44.2 Å². The summed E-state index contributed by atoms with van der Waals surface area (Å²) >= 11 is -2.45. The molecule has 1 aliphatic heterocycles. The normalized spacial score (nSPS) is 16.6. The predicted molar refractivity (Wildman–Crippen MR) is 130 cm³/mol. The first-order valence-corrected chi connectivity index (χ1v) is 21.2. The Balaban J connectivity index is 1.71. The fourth-order valence-electron chi connectivity index (χ4n) is 3.38. The van der Waals surface area contributed by atoms with Crippen LogP contribution in [-0.4, -0.2) is 46.8 Å². The van der Waals surface area contributed by atoms with Gasteiger partial charge in [-0.25, -0.2) is 0 Å². The topological polar surface area (TPSA) is 83.7 Å². The minimum atomic E-state index is -2.45. The predicted octanol–water partition coefficient (Wildman–Crippen LogP) is 4.79. The van der Waals surface area contributed by atoms with Gasteiger partial charge in [-0.3, -0.25) is 0 Å². The van der Waals surface area contributed by atoms with Crippen molar-refractivity contribution in [1.82, 2.24) is 4.98 Å². The van der Waals surface area contributed by atoms with Crippen molar-refractivity contribution in [1.29, 1.82) is 0 Å². The van der Waals surface area contributed by atoms with Crippen molar-refractivity contribution in [3.05, 3.63) is 57.8 Å². The third-order valence-electron chi connectivity index (χ3n) is 5.27. The fourth-order valence-corrected chi connectivity index (χ4v) is 6.28. The SMILES string of the molecule is CC(C)(C#Cc1cccc(COc2c[c]([Sn]([CH3])([CH3])[CH3])cnc2[N+](=O)[O-])c1)OC1CCCCO1. The van der Waals surface area contributed by atoms with Crippen molar-refractivity contribution in [3.63, 3.8) is 0 Å². The van der Waals surface area contributed by atoms with Crippen LogP contribution in [0.15, 0.2) is 36.5 Å². The number of ether oxygens (including phenoxy) is 3. The Bertz CT molecular complexity index is 1050. The van der Waals surface area contributed by atoms with Crippen LogP contribution in [0, 0.1) is 22.0 Å². The minimum Gasteiger partial charge on any atom is -0.353 e. The van der Waals surface area contributed by atoms with E-state index in [9.17, 15) is 10.1 Å². The van der Waals surface area contributed by atoms with Gasteiger partial charge in [-0.2, -0.15) is 0 Å². The Kier molecular flexibility index (Phi) is 8.37. The monoisotopic (exact) mass is 560 g/mol. The molecule has 1 aromatic heterocycles. The number of rotatable bonds is 7. The Morgan fingerprint density at radius 3 is 2.73 bits per heavy atom. The Morgan fingerprint density at radius 1 is 1.27 bits per heavy atom. The molecule has 0 amide bonds. The zero-order valence-corrected chi connectivity index (χ0v) is 22.9. The van der Waals surface area contributed by atoms with Gasteiger partial charge in [0.05, 0.1) is 0 Å². The van der Waals surface area contributed by atoms with E-state index in [0.717, 1.165) is 40.6 Å². The molecule has 1 fully saturated rings. The molecular weight excluding hydrogens is 527 g/mol. The molecule has 33 heavy (non-hydrogen) atoms. The van der Waals surface area contributed by atoms with Gasteiger partial charge in [0.25, 0.3) is 0 Å². The van der Waals surface area contributed by atoms with Crippen LogP contribution < -0.4 is 8.32 Å². The molecule has 1 atom stereocenters. The zero-order chi connectivity index (χ0) is 24.1. The van der Waals surface area contributed by atoms with E-state index in [1.807, 2.05) is 38.1 Å². The second-order valence-corrected chi connectivity index (χ2v) is 24.2. The van der Waals surface area contributed by atoms with E-state index in [0.29, 0.717) is 0 Å². The van der Waals surface area contributed by atoms with Gasteiger partial charge in [0, 0.05) is 6.61 Å². The number of pyridine rings is 1. The summed E-state index contributed by atoms with van der Waals surface area (Å²) in [5, 5.41) is 11.4. The molecule has 1 aromatic carbocycles. The Hall–Kier alpha value is -2.15. The number of hydrogen-bond acceptors (Lipinski definition) is 6. The van der Waals surface area contributed by atoms with E-state index in [1.54, 1.807) is 12.3 Å². The van der Waals surface area contributed by atoms with Crippen LogP contribution in [0.2, 0.25) is 14.8 Å².